The van der Waals surface area contributed by atoms with Crippen molar-refractivity contribution in [3.05, 3.63) is 82.4 Å². The topological polar surface area (TPSA) is 117 Å². The van der Waals surface area contributed by atoms with E-state index in [9.17, 15) is 31.1 Å². The Labute approximate surface area is 276 Å². The maximum absolute atomic E-state index is 15.0. The number of nitrogen functional groups attached to an aromatic ring is 1. The molecule has 3 aromatic heterocycles. The number of thioether (sulfide) groups is 1. The van der Waals surface area contributed by atoms with Gasteiger partial charge in [0.05, 0.1) is 22.8 Å². The van der Waals surface area contributed by atoms with Gasteiger partial charge in [0.25, 0.3) is 18.3 Å². The average Bonchev–Trinajstić information content (AvgIpc) is 3.57. The maximum Gasteiger partial charge on any atom is 0.290 e. The fraction of sp³-hybridized carbons (Fsp3) is 0.323. The molecule has 1 aliphatic rings. The van der Waals surface area contributed by atoms with Crippen LogP contribution in [0.5, 0.6) is 0 Å². The Kier molecular flexibility index (Phi) is 8.79. The lowest BCUT2D eigenvalue weighted by atomic mass is 9.89. The van der Waals surface area contributed by atoms with Crippen molar-refractivity contribution >= 4 is 34.4 Å². The average molecular weight is 711 g/mol. The highest BCUT2D eigenvalue weighted by Crippen LogP contribution is 2.52. The summed E-state index contributed by atoms with van der Waals surface area (Å²) in [4.78, 5) is 22.6. The molecular weight excluding hydrogens is 684 g/mol. The van der Waals surface area contributed by atoms with E-state index in [1.807, 2.05) is 0 Å². The number of hydrogen-bond donors (Lipinski definition) is 2. The van der Waals surface area contributed by atoms with Crippen LogP contribution in [0.4, 0.5) is 40.9 Å². The highest BCUT2D eigenvalue weighted by Gasteiger charge is 2.55. The zero-order chi connectivity index (χ0) is 35.4. The quantitative estimate of drug-likeness (QED) is 0.0980. The van der Waals surface area contributed by atoms with E-state index in [1.165, 1.54) is 10.9 Å². The predicted molar refractivity (Wildman–Crippen MR) is 163 cm³/mol. The monoisotopic (exact) mass is 710 g/mol. The summed E-state index contributed by atoms with van der Waals surface area (Å²) < 4.78 is 117. The molecule has 2 aromatic carbocycles. The van der Waals surface area contributed by atoms with Gasteiger partial charge in [-0.05, 0) is 36.4 Å². The summed E-state index contributed by atoms with van der Waals surface area (Å²) in [6.45, 7) is -1.17. The third kappa shape index (κ3) is 6.40. The van der Waals surface area contributed by atoms with Crippen molar-refractivity contribution < 1.29 is 39.9 Å². The van der Waals surface area contributed by atoms with E-state index in [-0.39, 0.29) is 33.3 Å². The molecule has 9 nitrogen and oxygen atoms in total. The molecule has 0 aliphatic heterocycles. The zero-order valence-electron chi connectivity index (χ0n) is 25.6. The summed E-state index contributed by atoms with van der Waals surface area (Å²) >= 11 is 1.14. The number of aromatic nitrogens is 6. The normalized spacial score (nSPS) is 15.8. The van der Waals surface area contributed by atoms with Crippen molar-refractivity contribution in [2.75, 3.05) is 12.0 Å². The Balaban J connectivity index is 1.47. The number of carbonyl (C=O) groups is 1. The number of benzene rings is 2. The summed E-state index contributed by atoms with van der Waals surface area (Å²) in [6, 6.07) is 6.53. The summed E-state index contributed by atoms with van der Waals surface area (Å²) in [7, 11) is 1.64. The lowest BCUT2D eigenvalue weighted by Crippen LogP contribution is -2.37. The van der Waals surface area contributed by atoms with Gasteiger partial charge in [0, 0.05) is 48.7 Å². The van der Waals surface area contributed by atoms with Gasteiger partial charge in [-0.3, -0.25) is 14.2 Å². The summed E-state index contributed by atoms with van der Waals surface area (Å²) in [5.41, 5.74) is 3.02. The van der Waals surface area contributed by atoms with Gasteiger partial charge in [-0.1, -0.05) is 23.9 Å². The molecule has 0 saturated carbocycles. The van der Waals surface area contributed by atoms with Crippen LogP contribution in [0.15, 0.2) is 47.8 Å². The predicted octanol–water partition coefficient (Wildman–Crippen LogP) is 6.82. The number of anilines is 1. The van der Waals surface area contributed by atoms with Crippen LogP contribution in [0.1, 0.15) is 53.5 Å². The number of fused-ring (bicyclic) bond motifs is 2. The number of para-hydroxylation sites is 1. The number of rotatable bonds is 9. The number of aryl methyl sites for hydroxylation is 1. The van der Waals surface area contributed by atoms with Gasteiger partial charge in [-0.15, -0.1) is 0 Å². The molecule has 49 heavy (non-hydrogen) atoms. The number of amides is 1. The van der Waals surface area contributed by atoms with E-state index >= 15 is 8.78 Å². The smallest absolute Gasteiger partial charge is 0.290 e. The van der Waals surface area contributed by atoms with Crippen LogP contribution in [0.2, 0.25) is 0 Å². The number of halogens is 8. The first-order chi connectivity index (χ1) is 23.1. The molecule has 5 aromatic rings. The van der Waals surface area contributed by atoms with Crippen molar-refractivity contribution in [1.29, 1.82) is 0 Å². The first kappa shape index (κ1) is 34.1. The molecule has 6 rings (SSSR count). The number of alkyl halides is 6. The molecule has 18 heteroatoms. The van der Waals surface area contributed by atoms with Gasteiger partial charge >= 0.3 is 0 Å². The first-order valence-corrected chi connectivity index (χ1v) is 15.8. The Hall–Kier alpha value is -4.74. The standard InChI is InChI=1S/C31H26F8N8OS/c1-46-25-17(4-3-5-18(25)28(40)45-46)19-12-41-29(49-2)43-23(19)20(10-14-8-15(32)11-16(33)9-14)42-21(48)13-47-26-22(24(44-47)27(34)35)30(36,37)6-7-31(26,38)39/h3-5,8-9,11-12,20,27H,6-7,10,13H2,1-2H3,(H2,40,45)(H,42,48)/t20-/m0/s1. The van der Waals surface area contributed by atoms with E-state index in [1.54, 1.807) is 31.5 Å². The minimum atomic E-state index is -4.04. The van der Waals surface area contributed by atoms with Crippen LogP contribution in [0.3, 0.4) is 0 Å². The number of hydrogen-bond acceptors (Lipinski definition) is 7. The van der Waals surface area contributed by atoms with Crippen LogP contribution in [-0.2, 0) is 36.7 Å². The van der Waals surface area contributed by atoms with Crippen molar-refractivity contribution in [3.63, 3.8) is 0 Å². The van der Waals surface area contributed by atoms with E-state index in [2.05, 4.69) is 25.5 Å². The van der Waals surface area contributed by atoms with Crippen LogP contribution >= 0.6 is 11.8 Å². The largest absolute Gasteiger partial charge is 0.382 e. The lowest BCUT2D eigenvalue weighted by molar-refractivity contribution is -0.123. The van der Waals surface area contributed by atoms with Crippen LogP contribution in [-0.4, -0.2) is 41.7 Å². The van der Waals surface area contributed by atoms with Crippen molar-refractivity contribution in [3.8, 4) is 11.1 Å². The van der Waals surface area contributed by atoms with Gasteiger partial charge in [0.15, 0.2) is 11.0 Å². The van der Waals surface area contributed by atoms with Gasteiger partial charge in [-0.25, -0.2) is 36.3 Å². The first-order valence-electron chi connectivity index (χ1n) is 14.6. The molecule has 0 unspecified atom stereocenters. The summed E-state index contributed by atoms with van der Waals surface area (Å²) in [5.74, 6) is -10.8. The molecule has 0 spiro atoms. The number of carbonyl (C=O) groups excluding carboxylic acids is 1. The lowest BCUT2D eigenvalue weighted by Gasteiger charge is -2.29. The van der Waals surface area contributed by atoms with Crippen molar-refractivity contribution in [2.45, 2.75) is 55.3 Å². The summed E-state index contributed by atoms with van der Waals surface area (Å²) in [5, 5.41) is 11.0. The Bertz CT molecular complexity index is 2060. The van der Waals surface area contributed by atoms with Gasteiger partial charge in [0.1, 0.15) is 29.6 Å². The second-order valence-corrected chi connectivity index (χ2v) is 12.2. The highest BCUT2D eigenvalue weighted by atomic mass is 32.2. The van der Waals surface area contributed by atoms with Crippen molar-refractivity contribution in [1.82, 2.24) is 34.8 Å². The third-order valence-corrected chi connectivity index (χ3v) is 8.70. The Morgan fingerprint density at radius 1 is 1.02 bits per heavy atom. The van der Waals surface area contributed by atoms with Gasteiger partial charge in [-0.2, -0.15) is 19.0 Å². The van der Waals surface area contributed by atoms with E-state index in [4.69, 9.17) is 5.73 Å². The van der Waals surface area contributed by atoms with E-state index in [0.29, 0.717) is 28.1 Å². The molecule has 0 saturated heterocycles. The van der Waals surface area contributed by atoms with Crippen LogP contribution in [0, 0.1) is 11.6 Å². The molecular formula is C31H26F8N8OS. The van der Waals surface area contributed by atoms with Crippen molar-refractivity contribution in [2.24, 2.45) is 7.05 Å². The van der Waals surface area contributed by atoms with E-state index < -0.39 is 78.2 Å². The number of nitrogens with zero attached hydrogens (tertiary/aromatic N) is 6. The second kappa shape index (κ2) is 12.6. The maximum atomic E-state index is 15.0. The molecule has 0 bridgehead atoms. The number of nitrogens with two attached hydrogens (primary N) is 1. The Morgan fingerprint density at radius 3 is 2.39 bits per heavy atom. The fourth-order valence-corrected chi connectivity index (χ4v) is 6.47. The molecule has 0 fully saturated rings. The molecule has 258 valence electrons. The molecule has 1 atom stereocenters. The minimum absolute atomic E-state index is 0.0590. The molecule has 1 aliphatic carbocycles. The molecule has 0 radical (unpaired) electrons. The van der Waals surface area contributed by atoms with Gasteiger partial charge < -0.3 is 11.1 Å². The zero-order valence-corrected chi connectivity index (χ0v) is 26.4. The molecule has 3 N–H and O–H groups in total. The second-order valence-electron chi connectivity index (χ2n) is 11.4. The molecule has 3 heterocycles. The van der Waals surface area contributed by atoms with Gasteiger partial charge in [0.2, 0.25) is 5.91 Å². The molecule has 1 amide bonds. The SMILES string of the molecule is CSc1ncc(-c2cccc3c(N)nn(C)c23)c([C@H](Cc2cc(F)cc(F)c2)NC(=O)Cn2nc(C(F)F)c3c2C(F)(F)CCC3(F)F)n1. The van der Waals surface area contributed by atoms with E-state index in [0.717, 1.165) is 23.9 Å². The number of nitrogens with one attached hydrogen (secondary N) is 1. The minimum Gasteiger partial charge on any atom is -0.382 e. The fourth-order valence-electron chi connectivity index (χ4n) is 6.13. The Morgan fingerprint density at radius 2 is 1.71 bits per heavy atom. The summed E-state index contributed by atoms with van der Waals surface area (Å²) in [6.07, 6.45) is -3.56. The highest BCUT2D eigenvalue weighted by molar-refractivity contribution is 7.98. The van der Waals surface area contributed by atoms with Crippen LogP contribution < -0.4 is 11.1 Å². The van der Waals surface area contributed by atoms with Crippen LogP contribution in [0.25, 0.3) is 22.0 Å². The third-order valence-electron chi connectivity index (χ3n) is 8.13.